The number of hydrogen-bond acceptors (Lipinski definition) is 1. The second kappa shape index (κ2) is 4.11. The van der Waals surface area contributed by atoms with Gasteiger partial charge in [0.15, 0.2) is 16.6 Å². The molecule has 16 heavy (non-hydrogen) atoms. The standard InChI is InChI=1S/C13H26OSi2/c1-6-16(5,14-15(2,3)4)13-10-11-7-8-12(13)9-11/h7-8,11-13H,6,9-10H2,1-5H3. The molecule has 1 nitrogen and oxygen atoms in total. The number of rotatable bonds is 4. The first-order valence-corrected chi connectivity index (χ1v) is 12.8. The minimum Gasteiger partial charge on any atom is -0.455 e. The van der Waals surface area contributed by atoms with Crippen LogP contribution >= 0.6 is 0 Å². The van der Waals surface area contributed by atoms with Crippen LogP contribution in [0, 0.1) is 11.8 Å². The summed E-state index contributed by atoms with van der Waals surface area (Å²) < 4.78 is 6.65. The largest absolute Gasteiger partial charge is 0.455 e. The lowest BCUT2D eigenvalue weighted by Crippen LogP contribution is -2.48. The van der Waals surface area contributed by atoms with E-state index in [1.807, 2.05) is 0 Å². The Morgan fingerprint density at radius 2 is 1.81 bits per heavy atom. The van der Waals surface area contributed by atoms with Crippen molar-refractivity contribution in [1.29, 1.82) is 0 Å². The summed E-state index contributed by atoms with van der Waals surface area (Å²) in [7, 11) is -2.84. The van der Waals surface area contributed by atoms with E-state index < -0.39 is 16.6 Å². The van der Waals surface area contributed by atoms with E-state index in [9.17, 15) is 0 Å². The van der Waals surface area contributed by atoms with Crippen molar-refractivity contribution < 1.29 is 4.12 Å². The smallest absolute Gasteiger partial charge is 0.179 e. The zero-order chi connectivity index (χ0) is 12.0. The van der Waals surface area contributed by atoms with Gasteiger partial charge in [-0.2, -0.15) is 0 Å². The van der Waals surface area contributed by atoms with Crippen LogP contribution in [-0.2, 0) is 4.12 Å². The number of fused-ring (bicyclic) bond motifs is 2. The number of hydrogen-bond donors (Lipinski definition) is 0. The van der Waals surface area contributed by atoms with Gasteiger partial charge in [0.05, 0.1) is 0 Å². The lowest BCUT2D eigenvalue weighted by molar-refractivity contribution is 0.489. The third kappa shape index (κ3) is 2.36. The molecule has 2 aliphatic carbocycles. The van der Waals surface area contributed by atoms with Gasteiger partial charge in [-0.25, -0.2) is 0 Å². The fourth-order valence-corrected chi connectivity index (χ4v) is 12.8. The summed E-state index contributed by atoms with van der Waals surface area (Å²) in [4.78, 5) is 0. The van der Waals surface area contributed by atoms with Crippen LogP contribution in [0.4, 0.5) is 0 Å². The SMILES string of the molecule is CC[Si](C)(O[Si](C)(C)C)C1CC2C=CC1C2. The maximum absolute atomic E-state index is 6.65. The molecule has 2 aliphatic rings. The van der Waals surface area contributed by atoms with Crippen molar-refractivity contribution in [2.24, 2.45) is 11.8 Å². The fraction of sp³-hybridized carbons (Fsp3) is 0.846. The van der Waals surface area contributed by atoms with Crippen LogP contribution in [0.1, 0.15) is 19.8 Å². The molecule has 92 valence electrons. The molecule has 0 aromatic carbocycles. The molecule has 2 rings (SSSR count). The van der Waals surface area contributed by atoms with E-state index in [4.69, 9.17) is 4.12 Å². The highest BCUT2D eigenvalue weighted by Crippen LogP contribution is 2.53. The van der Waals surface area contributed by atoms with Crippen LogP contribution in [0.2, 0.25) is 37.8 Å². The quantitative estimate of drug-likeness (QED) is 0.534. The van der Waals surface area contributed by atoms with E-state index in [0.29, 0.717) is 0 Å². The van der Waals surface area contributed by atoms with E-state index in [1.165, 1.54) is 18.9 Å². The second-order valence-electron chi connectivity index (χ2n) is 6.77. The highest BCUT2D eigenvalue weighted by atomic mass is 28.4. The molecule has 3 heteroatoms. The van der Waals surface area contributed by atoms with E-state index in [0.717, 1.165) is 17.4 Å². The molecule has 1 fully saturated rings. The van der Waals surface area contributed by atoms with E-state index >= 15 is 0 Å². The first-order chi connectivity index (χ1) is 7.34. The van der Waals surface area contributed by atoms with E-state index in [-0.39, 0.29) is 0 Å². The van der Waals surface area contributed by atoms with Crippen molar-refractivity contribution >= 4 is 16.6 Å². The molecule has 0 N–H and O–H groups in total. The van der Waals surface area contributed by atoms with Crippen molar-refractivity contribution in [2.75, 3.05) is 0 Å². The molecule has 0 heterocycles. The molecule has 0 saturated heterocycles. The average Bonchev–Trinajstić information content (AvgIpc) is 2.75. The molecule has 4 unspecified atom stereocenters. The van der Waals surface area contributed by atoms with Crippen LogP contribution in [0.15, 0.2) is 12.2 Å². The molecular weight excluding hydrogens is 228 g/mol. The van der Waals surface area contributed by atoms with Crippen molar-refractivity contribution in [3.8, 4) is 0 Å². The summed E-state index contributed by atoms with van der Waals surface area (Å²) in [6, 6.07) is 1.29. The molecule has 0 amide bonds. The van der Waals surface area contributed by atoms with E-state index in [2.05, 4.69) is 45.3 Å². The van der Waals surface area contributed by atoms with Gasteiger partial charge in [-0.3, -0.25) is 0 Å². The van der Waals surface area contributed by atoms with Gasteiger partial charge in [-0.1, -0.05) is 19.1 Å². The molecular formula is C13H26OSi2. The van der Waals surface area contributed by atoms with Gasteiger partial charge < -0.3 is 4.12 Å². The minimum absolute atomic E-state index is 0.859. The molecule has 0 aromatic rings. The predicted molar refractivity (Wildman–Crippen MR) is 75.6 cm³/mol. The summed E-state index contributed by atoms with van der Waals surface area (Å²) in [5, 5.41) is 0. The van der Waals surface area contributed by atoms with Gasteiger partial charge in [-0.05, 0) is 62.5 Å². The van der Waals surface area contributed by atoms with Crippen molar-refractivity contribution in [2.45, 2.75) is 57.5 Å². The normalized spacial score (nSPS) is 36.7. The minimum atomic E-state index is -1.47. The summed E-state index contributed by atoms with van der Waals surface area (Å²) in [6.45, 7) is 11.9. The van der Waals surface area contributed by atoms with Gasteiger partial charge in [0, 0.05) is 0 Å². The second-order valence-corrected chi connectivity index (χ2v) is 15.9. The third-order valence-corrected chi connectivity index (χ3v) is 12.3. The summed E-state index contributed by atoms with van der Waals surface area (Å²) in [5.41, 5.74) is 0.902. The van der Waals surface area contributed by atoms with Crippen LogP contribution in [0.25, 0.3) is 0 Å². The topological polar surface area (TPSA) is 9.23 Å². The van der Waals surface area contributed by atoms with Gasteiger partial charge in [-0.15, -0.1) is 0 Å². The van der Waals surface area contributed by atoms with Gasteiger partial charge in [0.25, 0.3) is 0 Å². The zero-order valence-corrected chi connectivity index (χ0v) is 13.4. The monoisotopic (exact) mass is 254 g/mol. The fourth-order valence-electron chi connectivity index (χ4n) is 3.59. The van der Waals surface area contributed by atoms with Crippen molar-refractivity contribution in [3.63, 3.8) is 0 Å². The van der Waals surface area contributed by atoms with Crippen molar-refractivity contribution in [3.05, 3.63) is 12.2 Å². The van der Waals surface area contributed by atoms with Crippen LogP contribution in [0.5, 0.6) is 0 Å². The highest BCUT2D eigenvalue weighted by molar-refractivity contribution is 6.85. The number of allylic oxidation sites excluding steroid dienone is 2. The predicted octanol–water partition coefficient (Wildman–Crippen LogP) is 4.40. The van der Waals surface area contributed by atoms with Gasteiger partial charge in [0.1, 0.15) is 0 Å². The van der Waals surface area contributed by atoms with Crippen LogP contribution in [0.3, 0.4) is 0 Å². The Hall–Kier alpha value is 0.134. The lowest BCUT2D eigenvalue weighted by Gasteiger charge is -2.41. The third-order valence-electron chi connectivity index (χ3n) is 4.30. The summed E-state index contributed by atoms with van der Waals surface area (Å²) in [6.07, 6.45) is 7.76. The summed E-state index contributed by atoms with van der Waals surface area (Å²) in [5.74, 6) is 1.75. The Bertz CT molecular complexity index is 295. The Balaban J connectivity index is 2.12. The Labute approximate surface area is 103 Å². The van der Waals surface area contributed by atoms with Crippen LogP contribution < -0.4 is 0 Å². The summed E-state index contributed by atoms with van der Waals surface area (Å²) >= 11 is 0. The Kier molecular flexibility index (Phi) is 3.23. The Morgan fingerprint density at radius 3 is 2.19 bits per heavy atom. The van der Waals surface area contributed by atoms with Crippen molar-refractivity contribution in [1.82, 2.24) is 0 Å². The molecule has 2 bridgehead atoms. The van der Waals surface area contributed by atoms with Gasteiger partial charge >= 0.3 is 0 Å². The maximum Gasteiger partial charge on any atom is 0.179 e. The molecule has 0 aliphatic heterocycles. The maximum atomic E-state index is 6.65. The van der Waals surface area contributed by atoms with Crippen LogP contribution in [-0.4, -0.2) is 16.6 Å². The Morgan fingerprint density at radius 1 is 1.12 bits per heavy atom. The molecule has 0 radical (unpaired) electrons. The molecule has 0 spiro atoms. The first kappa shape index (κ1) is 12.6. The zero-order valence-electron chi connectivity index (χ0n) is 11.4. The first-order valence-electron chi connectivity index (χ1n) is 6.72. The molecule has 1 saturated carbocycles. The molecule has 4 atom stereocenters. The molecule has 0 aromatic heterocycles. The highest BCUT2D eigenvalue weighted by Gasteiger charge is 2.49. The van der Waals surface area contributed by atoms with Gasteiger partial charge in [0.2, 0.25) is 0 Å². The average molecular weight is 255 g/mol. The van der Waals surface area contributed by atoms with E-state index in [1.54, 1.807) is 0 Å². The lowest BCUT2D eigenvalue weighted by atomic mass is 10.1.